The Hall–Kier alpha value is -2.83. The van der Waals surface area contributed by atoms with Crippen LogP contribution < -0.4 is 10.6 Å². The molecule has 0 atom stereocenters. The number of nitrogens with zero attached hydrogens (tertiary/aromatic N) is 2. The zero-order valence-corrected chi connectivity index (χ0v) is 16.1. The van der Waals surface area contributed by atoms with E-state index in [-0.39, 0.29) is 11.5 Å². The fraction of sp³-hybridized carbons (Fsp3) is 0.238. The van der Waals surface area contributed by atoms with Gasteiger partial charge in [0.1, 0.15) is 5.69 Å². The maximum Gasteiger partial charge on any atom is 0.323 e. The monoisotopic (exact) mass is 396 g/mol. The number of imidazole rings is 1. The lowest BCUT2D eigenvalue weighted by Gasteiger charge is -2.36. The van der Waals surface area contributed by atoms with E-state index in [0.717, 1.165) is 36.9 Å². The quantitative estimate of drug-likeness (QED) is 0.650. The Bertz CT molecular complexity index is 1000. The lowest BCUT2D eigenvalue weighted by molar-refractivity contribution is 0.103. The molecule has 2 aromatic carbocycles. The van der Waals surface area contributed by atoms with Gasteiger partial charge in [-0.2, -0.15) is 0 Å². The van der Waals surface area contributed by atoms with Crippen molar-refractivity contribution in [3.05, 3.63) is 87.1 Å². The van der Waals surface area contributed by atoms with Gasteiger partial charge in [0.15, 0.2) is 0 Å². The Labute approximate surface area is 167 Å². The van der Waals surface area contributed by atoms with Crippen molar-refractivity contribution in [2.45, 2.75) is 6.54 Å². The van der Waals surface area contributed by atoms with Gasteiger partial charge in [0.2, 0.25) is 5.78 Å². The number of rotatable bonds is 5. The van der Waals surface area contributed by atoms with E-state index in [1.807, 2.05) is 42.5 Å². The molecule has 1 aliphatic heterocycles. The molecular formula is C21H21ClN4O2. The van der Waals surface area contributed by atoms with Crippen molar-refractivity contribution in [1.29, 1.82) is 0 Å². The number of halogens is 1. The number of aromatic amines is 2. The normalized spacial score (nSPS) is 15.0. The molecule has 0 spiro atoms. The van der Waals surface area contributed by atoms with Gasteiger partial charge in [0.25, 0.3) is 0 Å². The minimum absolute atomic E-state index is 0.172. The highest BCUT2D eigenvalue weighted by atomic mass is 35.5. The third-order valence-corrected chi connectivity index (χ3v) is 5.27. The number of benzene rings is 2. The number of ketones is 1. The lowest BCUT2D eigenvalue weighted by atomic mass is 10.1. The first kappa shape index (κ1) is 18.5. The van der Waals surface area contributed by atoms with Crippen molar-refractivity contribution in [3.63, 3.8) is 0 Å². The van der Waals surface area contributed by atoms with Crippen molar-refractivity contribution in [2.75, 3.05) is 31.1 Å². The Balaban J connectivity index is 1.44. The van der Waals surface area contributed by atoms with Gasteiger partial charge in [-0.1, -0.05) is 41.9 Å². The second kappa shape index (κ2) is 8.04. The van der Waals surface area contributed by atoms with Crippen LogP contribution >= 0.6 is 11.6 Å². The van der Waals surface area contributed by atoms with Crippen LogP contribution in [-0.2, 0) is 6.54 Å². The van der Waals surface area contributed by atoms with Gasteiger partial charge in [-0.05, 0) is 24.3 Å². The maximum absolute atomic E-state index is 12.8. The van der Waals surface area contributed by atoms with Crippen LogP contribution in [-0.4, -0.2) is 46.8 Å². The zero-order chi connectivity index (χ0) is 19.5. The first-order valence-corrected chi connectivity index (χ1v) is 9.62. The van der Waals surface area contributed by atoms with Gasteiger partial charge in [-0.3, -0.25) is 9.69 Å². The number of hydrogen-bond donors (Lipinski definition) is 2. The molecule has 0 bridgehead atoms. The molecule has 1 aliphatic rings. The van der Waals surface area contributed by atoms with Gasteiger partial charge in [0.05, 0.1) is 5.69 Å². The summed E-state index contributed by atoms with van der Waals surface area (Å²) in [6.45, 7) is 3.96. The number of hydrogen-bond acceptors (Lipinski definition) is 4. The Morgan fingerprint density at radius 3 is 2.29 bits per heavy atom. The molecule has 1 fully saturated rings. The minimum atomic E-state index is -0.353. The smallest absolute Gasteiger partial charge is 0.323 e. The highest BCUT2D eigenvalue weighted by Crippen LogP contribution is 2.20. The number of carbonyl (C=O) groups is 1. The number of piperazine rings is 1. The molecule has 2 N–H and O–H groups in total. The van der Waals surface area contributed by atoms with Gasteiger partial charge >= 0.3 is 5.69 Å². The van der Waals surface area contributed by atoms with Gasteiger partial charge in [-0.15, -0.1) is 0 Å². The van der Waals surface area contributed by atoms with E-state index in [1.165, 1.54) is 0 Å². The molecule has 2 heterocycles. The molecule has 144 valence electrons. The molecule has 7 heteroatoms. The Kier molecular flexibility index (Phi) is 5.32. The largest absolute Gasteiger partial charge is 0.369 e. The summed E-state index contributed by atoms with van der Waals surface area (Å²) in [5.41, 5.74) is 2.34. The van der Waals surface area contributed by atoms with Crippen molar-refractivity contribution < 1.29 is 4.79 Å². The van der Waals surface area contributed by atoms with Crippen molar-refractivity contribution >= 4 is 23.1 Å². The van der Waals surface area contributed by atoms with Gasteiger partial charge < -0.3 is 14.9 Å². The van der Waals surface area contributed by atoms with Crippen molar-refractivity contribution in [3.8, 4) is 0 Å². The summed E-state index contributed by atoms with van der Waals surface area (Å²) in [5.74, 6) is -0.172. The summed E-state index contributed by atoms with van der Waals surface area (Å²) >= 11 is 5.96. The molecular weight excluding hydrogens is 376 g/mol. The molecule has 3 aromatic rings. The fourth-order valence-corrected chi connectivity index (χ4v) is 3.63. The minimum Gasteiger partial charge on any atom is -0.369 e. The topological polar surface area (TPSA) is 72.2 Å². The predicted octanol–water partition coefficient (Wildman–Crippen LogP) is 2.91. The summed E-state index contributed by atoms with van der Waals surface area (Å²) in [6.07, 6.45) is 0. The number of nitrogens with one attached hydrogen (secondary N) is 2. The fourth-order valence-electron chi connectivity index (χ4n) is 3.51. The third-order valence-electron chi connectivity index (χ3n) is 5.01. The molecule has 1 saturated heterocycles. The molecule has 4 rings (SSSR count). The van der Waals surface area contributed by atoms with Crippen LogP contribution in [0.5, 0.6) is 0 Å². The Morgan fingerprint density at radius 2 is 1.61 bits per heavy atom. The summed E-state index contributed by atoms with van der Waals surface area (Å²) in [6, 6.07) is 16.8. The van der Waals surface area contributed by atoms with Crippen molar-refractivity contribution in [1.82, 2.24) is 14.9 Å². The molecule has 0 amide bonds. The van der Waals surface area contributed by atoms with Crippen LogP contribution in [0.1, 0.15) is 21.7 Å². The van der Waals surface area contributed by atoms with E-state index < -0.39 is 0 Å². The average molecular weight is 397 g/mol. The van der Waals surface area contributed by atoms with Crippen LogP contribution in [0, 0.1) is 0 Å². The van der Waals surface area contributed by atoms with E-state index in [4.69, 9.17) is 11.6 Å². The number of anilines is 1. The number of carbonyl (C=O) groups excluding carboxylic acids is 1. The predicted molar refractivity (Wildman–Crippen MR) is 110 cm³/mol. The summed E-state index contributed by atoms with van der Waals surface area (Å²) in [5, 5.41) is 0.731. The van der Waals surface area contributed by atoms with E-state index >= 15 is 0 Å². The van der Waals surface area contributed by atoms with E-state index in [2.05, 4.69) is 19.8 Å². The van der Waals surface area contributed by atoms with Crippen LogP contribution in [0.15, 0.2) is 59.4 Å². The second-order valence-electron chi connectivity index (χ2n) is 6.87. The standard InChI is InChI=1S/C21H21ClN4O2/c22-16-6-8-17(9-7-16)26-12-10-25(11-13-26)14-18-19(24-21(28)23-18)20(27)15-4-2-1-3-5-15/h1-9H,10-14H2,(H2,23,24,28). The van der Waals surface area contributed by atoms with E-state index in [0.29, 0.717) is 23.5 Å². The lowest BCUT2D eigenvalue weighted by Crippen LogP contribution is -2.46. The highest BCUT2D eigenvalue weighted by Gasteiger charge is 2.22. The summed E-state index contributed by atoms with van der Waals surface area (Å²) in [7, 11) is 0. The highest BCUT2D eigenvalue weighted by molar-refractivity contribution is 6.30. The maximum atomic E-state index is 12.8. The van der Waals surface area contributed by atoms with Gasteiger partial charge in [0, 0.05) is 49.0 Å². The van der Waals surface area contributed by atoms with E-state index in [1.54, 1.807) is 12.1 Å². The molecule has 0 saturated carbocycles. The molecule has 0 radical (unpaired) electrons. The second-order valence-corrected chi connectivity index (χ2v) is 7.30. The average Bonchev–Trinajstić information content (AvgIpc) is 3.09. The number of aromatic nitrogens is 2. The van der Waals surface area contributed by atoms with Crippen LogP contribution in [0.2, 0.25) is 5.02 Å². The van der Waals surface area contributed by atoms with E-state index in [9.17, 15) is 9.59 Å². The molecule has 6 nitrogen and oxygen atoms in total. The molecule has 0 aliphatic carbocycles. The number of H-pyrrole nitrogens is 2. The molecule has 0 unspecified atom stereocenters. The van der Waals surface area contributed by atoms with Gasteiger partial charge in [-0.25, -0.2) is 4.79 Å². The summed E-state index contributed by atoms with van der Waals surface area (Å²) in [4.78, 5) is 34.6. The SMILES string of the molecule is O=C(c1ccccc1)c1[nH]c(=O)[nH]c1CN1CCN(c2ccc(Cl)cc2)CC1. The van der Waals surface area contributed by atoms with Crippen LogP contribution in [0.25, 0.3) is 0 Å². The first-order valence-electron chi connectivity index (χ1n) is 9.24. The summed E-state index contributed by atoms with van der Waals surface area (Å²) < 4.78 is 0. The molecule has 1 aromatic heterocycles. The Morgan fingerprint density at radius 1 is 0.929 bits per heavy atom. The molecule has 28 heavy (non-hydrogen) atoms. The van der Waals surface area contributed by atoms with Crippen LogP contribution in [0.3, 0.4) is 0 Å². The first-order chi connectivity index (χ1) is 13.6. The van der Waals surface area contributed by atoms with Crippen molar-refractivity contribution in [2.24, 2.45) is 0 Å². The zero-order valence-electron chi connectivity index (χ0n) is 15.3. The third kappa shape index (κ3) is 4.03. The van der Waals surface area contributed by atoms with Crippen LogP contribution in [0.4, 0.5) is 5.69 Å².